The highest BCUT2D eigenvalue weighted by Gasteiger charge is 2.48. The van der Waals surface area contributed by atoms with Crippen molar-refractivity contribution in [1.29, 1.82) is 0 Å². The molecule has 0 saturated carbocycles. The van der Waals surface area contributed by atoms with Gasteiger partial charge in [0.05, 0.1) is 12.7 Å². The van der Waals surface area contributed by atoms with Crippen LogP contribution in [0.4, 0.5) is 0 Å². The maximum absolute atomic E-state index is 6.23. The lowest BCUT2D eigenvalue weighted by molar-refractivity contribution is -0.0275. The molecule has 0 aliphatic carbocycles. The average molecular weight is 219 g/mol. The Bertz CT molecular complexity index is 407. The highest BCUT2D eigenvalue weighted by molar-refractivity contribution is 5.39. The van der Waals surface area contributed by atoms with Gasteiger partial charge in [-0.2, -0.15) is 0 Å². The van der Waals surface area contributed by atoms with Crippen LogP contribution in [-0.2, 0) is 4.74 Å². The number of rotatable bonds is 0. The van der Waals surface area contributed by atoms with Gasteiger partial charge < -0.3 is 15.2 Å². The van der Waals surface area contributed by atoms with Crippen molar-refractivity contribution in [2.75, 3.05) is 6.61 Å². The Hall–Kier alpha value is -1.06. The number of ether oxygens (including phenoxy) is 2. The highest BCUT2D eigenvalue weighted by Crippen LogP contribution is 2.44. The van der Waals surface area contributed by atoms with Gasteiger partial charge in [0.2, 0.25) is 0 Å². The predicted octanol–water partition coefficient (Wildman–Crippen LogP) is 2.02. The van der Waals surface area contributed by atoms with Gasteiger partial charge in [0, 0.05) is 24.4 Å². The Kier molecular flexibility index (Phi) is 2.19. The lowest BCUT2D eigenvalue weighted by Gasteiger charge is -2.40. The first kappa shape index (κ1) is 10.1. The van der Waals surface area contributed by atoms with Crippen LogP contribution in [0.2, 0.25) is 0 Å². The fraction of sp³-hybridized carbons (Fsp3) is 0.538. The van der Waals surface area contributed by atoms with Gasteiger partial charge in [-0.05, 0) is 13.0 Å². The molecule has 3 nitrogen and oxygen atoms in total. The summed E-state index contributed by atoms with van der Waals surface area (Å²) in [5, 5.41) is 0. The summed E-state index contributed by atoms with van der Waals surface area (Å²) in [6.07, 6.45) is 1.92. The molecule has 0 aromatic heterocycles. The molecule has 0 amide bonds. The Morgan fingerprint density at radius 1 is 1.38 bits per heavy atom. The van der Waals surface area contributed by atoms with Gasteiger partial charge in [-0.15, -0.1) is 0 Å². The van der Waals surface area contributed by atoms with Crippen LogP contribution in [0.25, 0.3) is 0 Å². The van der Waals surface area contributed by atoms with Crippen molar-refractivity contribution in [2.24, 2.45) is 5.73 Å². The standard InChI is InChI=1S/C13H17NO2/c1-9-13(6-7-15-9)8-11(14)10-4-2-3-5-12(10)16-13/h2-5,9,11H,6-8,14H2,1H3. The Morgan fingerprint density at radius 3 is 2.94 bits per heavy atom. The molecule has 3 rings (SSSR count). The van der Waals surface area contributed by atoms with Crippen LogP contribution in [0.1, 0.15) is 31.4 Å². The summed E-state index contributed by atoms with van der Waals surface area (Å²) >= 11 is 0. The molecule has 3 heteroatoms. The van der Waals surface area contributed by atoms with E-state index in [1.165, 1.54) is 0 Å². The van der Waals surface area contributed by atoms with Gasteiger partial charge in [0.1, 0.15) is 11.4 Å². The van der Waals surface area contributed by atoms with Crippen molar-refractivity contribution in [3.63, 3.8) is 0 Å². The summed E-state index contributed by atoms with van der Waals surface area (Å²) in [6.45, 7) is 2.85. The van der Waals surface area contributed by atoms with Crippen molar-refractivity contribution in [2.45, 2.75) is 37.5 Å². The van der Waals surface area contributed by atoms with Crippen molar-refractivity contribution in [3.8, 4) is 5.75 Å². The van der Waals surface area contributed by atoms with Crippen molar-refractivity contribution >= 4 is 0 Å². The molecular weight excluding hydrogens is 202 g/mol. The Balaban J connectivity index is 2.00. The first-order valence-corrected chi connectivity index (χ1v) is 5.86. The molecule has 1 aromatic carbocycles. The number of benzene rings is 1. The van der Waals surface area contributed by atoms with E-state index < -0.39 is 0 Å². The number of hydrogen-bond acceptors (Lipinski definition) is 3. The third-order valence-electron chi connectivity index (χ3n) is 3.83. The number of nitrogens with two attached hydrogens (primary N) is 1. The molecule has 0 radical (unpaired) electrons. The zero-order valence-corrected chi connectivity index (χ0v) is 9.48. The Morgan fingerprint density at radius 2 is 2.19 bits per heavy atom. The zero-order chi connectivity index (χ0) is 11.2. The maximum Gasteiger partial charge on any atom is 0.139 e. The summed E-state index contributed by atoms with van der Waals surface area (Å²) in [5.41, 5.74) is 7.14. The van der Waals surface area contributed by atoms with Crippen LogP contribution in [-0.4, -0.2) is 18.3 Å². The van der Waals surface area contributed by atoms with Crippen LogP contribution in [0, 0.1) is 0 Å². The SMILES string of the molecule is CC1OCCC12CC(N)c1ccccc1O2. The molecule has 1 spiro atoms. The molecule has 1 saturated heterocycles. The monoisotopic (exact) mass is 219 g/mol. The lowest BCUT2D eigenvalue weighted by atomic mass is 9.83. The fourth-order valence-corrected chi connectivity index (χ4v) is 2.79. The van der Waals surface area contributed by atoms with E-state index in [4.69, 9.17) is 15.2 Å². The van der Waals surface area contributed by atoms with E-state index in [2.05, 4.69) is 6.92 Å². The van der Waals surface area contributed by atoms with Crippen molar-refractivity contribution in [3.05, 3.63) is 29.8 Å². The average Bonchev–Trinajstić information content (AvgIpc) is 2.60. The topological polar surface area (TPSA) is 44.5 Å². The van der Waals surface area contributed by atoms with Gasteiger partial charge in [0.15, 0.2) is 0 Å². The minimum absolute atomic E-state index is 0.0640. The van der Waals surface area contributed by atoms with E-state index in [1.54, 1.807) is 0 Å². The predicted molar refractivity (Wildman–Crippen MR) is 61.4 cm³/mol. The highest BCUT2D eigenvalue weighted by atomic mass is 16.6. The maximum atomic E-state index is 6.23. The minimum Gasteiger partial charge on any atom is -0.484 e. The number of para-hydroxylation sites is 1. The smallest absolute Gasteiger partial charge is 0.139 e. The molecule has 3 unspecified atom stereocenters. The van der Waals surface area contributed by atoms with Crippen LogP contribution in [0.15, 0.2) is 24.3 Å². The number of hydrogen-bond donors (Lipinski definition) is 1. The molecule has 2 N–H and O–H groups in total. The largest absolute Gasteiger partial charge is 0.484 e. The molecule has 2 aliphatic rings. The minimum atomic E-state index is -0.201. The Labute approximate surface area is 95.5 Å². The fourth-order valence-electron chi connectivity index (χ4n) is 2.79. The van der Waals surface area contributed by atoms with E-state index >= 15 is 0 Å². The third-order valence-corrected chi connectivity index (χ3v) is 3.83. The van der Waals surface area contributed by atoms with Crippen molar-refractivity contribution in [1.82, 2.24) is 0 Å². The van der Waals surface area contributed by atoms with E-state index in [1.807, 2.05) is 24.3 Å². The summed E-state index contributed by atoms with van der Waals surface area (Å²) in [4.78, 5) is 0. The first-order chi connectivity index (χ1) is 7.71. The summed E-state index contributed by atoms with van der Waals surface area (Å²) in [7, 11) is 0. The summed E-state index contributed by atoms with van der Waals surface area (Å²) < 4.78 is 11.8. The van der Waals surface area contributed by atoms with E-state index in [-0.39, 0.29) is 17.7 Å². The van der Waals surface area contributed by atoms with Crippen LogP contribution < -0.4 is 10.5 Å². The summed E-state index contributed by atoms with van der Waals surface area (Å²) in [6, 6.07) is 8.11. The second kappa shape index (κ2) is 3.47. The second-order valence-electron chi connectivity index (χ2n) is 4.78. The number of fused-ring (bicyclic) bond motifs is 1. The van der Waals surface area contributed by atoms with E-state index in [9.17, 15) is 0 Å². The first-order valence-electron chi connectivity index (χ1n) is 5.86. The molecule has 2 heterocycles. The van der Waals surface area contributed by atoms with Crippen LogP contribution in [0.3, 0.4) is 0 Å². The van der Waals surface area contributed by atoms with Crippen molar-refractivity contribution < 1.29 is 9.47 Å². The third kappa shape index (κ3) is 1.35. The molecule has 3 atom stereocenters. The normalized spacial score (nSPS) is 37.1. The molecule has 16 heavy (non-hydrogen) atoms. The zero-order valence-electron chi connectivity index (χ0n) is 9.48. The van der Waals surface area contributed by atoms with Crippen LogP contribution >= 0.6 is 0 Å². The van der Waals surface area contributed by atoms with E-state index in [0.717, 1.165) is 30.8 Å². The van der Waals surface area contributed by atoms with Gasteiger partial charge >= 0.3 is 0 Å². The summed E-state index contributed by atoms with van der Waals surface area (Å²) in [5.74, 6) is 0.929. The quantitative estimate of drug-likeness (QED) is 0.726. The van der Waals surface area contributed by atoms with E-state index in [0.29, 0.717) is 0 Å². The van der Waals surface area contributed by atoms with Gasteiger partial charge in [-0.25, -0.2) is 0 Å². The molecule has 2 aliphatic heterocycles. The van der Waals surface area contributed by atoms with Crippen LogP contribution in [0.5, 0.6) is 5.75 Å². The van der Waals surface area contributed by atoms with Gasteiger partial charge in [0.25, 0.3) is 0 Å². The molecule has 1 aromatic rings. The lowest BCUT2D eigenvalue weighted by Crippen LogP contribution is -2.47. The second-order valence-corrected chi connectivity index (χ2v) is 4.78. The van der Waals surface area contributed by atoms with Gasteiger partial charge in [-0.3, -0.25) is 0 Å². The van der Waals surface area contributed by atoms with Gasteiger partial charge in [-0.1, -0.05) is 18.2 Å². The molecule has 1 fully saturated rings. The molecule has 0 bridgehead atoms. The molecule has 86 valence electrons. The molecular formula is C13H17NO2.